The molecular formula is C11H23NO. The number of hydrogen-bond acceptors (Lipinski definition) is 2. The third kappa shape index (κ3) is 6.76. The first-order chi connectivity index (χ1) is 6.24. The standard InChI is InChI=1S/C11H23NO/c1-4-7-9-12(6-3)10-11(13)8-5-2/h4-10H2,1-3H3. The zero-order valence-corrected chi connectivity index (χ0v) is 9.31. The first-order valence-electron chi connectivity index (χ1n) is 5.48. The number of rotatable bonds is 8. The topological polar surface area (TPSA) is 20.3 Å². The van der Waals surface area contributed by atoms with E-state index in [1.54, 1.807) is 0 Å². The van der Waals surface area contributed by atoms with Crippen LogP contribution in [0, 0.1) is 0 Å². The van der Waals surface area contributed by atoms with Gasteiger partial charge in [-0.1, -0.05) is 27.2 Å². The summed E-state index contributed by atoms with van der Waals surface area (Å²) in [5.41, 5.74) is 0. The molecule has 0 fully saturated rings. The van der Waals surface area contributed by atoms with Gasteiger partial charge in [0.1, 0.15) is 5.78 Å². The van der Waals surface area contributed by atoms with Gasteiger partial charge in [0.05, 0.1) is 6.54 Å². The Hall–Kier alpha value is -0.370. The molecule has 2 heteroatoms. The molecule has 0 saturated heterocycles. The fourth-order valence-electron chi connectivity index (χ4n) is 1.34. The van der Waals surface area contributed by atoms with E-state index in [2.05, 4.69) is 25.7 Å². The molecule has 2 nitrogen and oxygen atoms in total. The van der Waals surface area contributed by atoms with Gasteiger partial charge in [-0.15, -0.1) is 0 Å². The molecule has 0 amide bonds. The Morgan fingerprint density at radius 2 is 1.85 bits per heavy atom. The SMILES string of the molecule is CCCCN(CC)CC(=O)CCC. The lowest BCUT2D eigenvalue weighted by Crippen LogP contribution is -2.30. The van der Waals surface area contributed by atoms with E-state index in [-0.39, 0.29) is 0 Å². The molecule has 0 bridgehead atoms. The van der Waals surface area contributed by atoms with Crippen molar-refractivity contribution in [3.8, 4) is 0 Å². The number of likely N-dealkylation sites (N-methyl/N-ethyl adjacent to an activating group) is 1. The van der Waals surface area contributed by atoms with Crippen molar-refractivity contribution in [2.24, 2.45) is 0 Å². The predicted molar refractivity (Wildman–Crippen MR) is 56.9 cm³/mol. The average molecular weight is 185 g/mol. The highest BCUT2D eigenvalue weighted by Gasteiger charge is 2.06. The third-order valence-corrected chi connectivity index (χ3v) is 2.20. The average Bonchev–Trinajstić information content (AvgIpc) is 2.12. The van der Waals surface area contributed by atoms with Crippen molar-refractivity contribution in [3.05, 3.63) is 0 Å². The second kappa shape index (κ2) is 8.24. The molecule has 0 radical (unpaired) electrons. The van der Waals surface area contributed by atoms with E-state index >= 15 is 0 Å². The summed E-state index contributed by atoms with van der Waals surface area (Å²) in [6.07, 6.45) is 4.12. The quantitative estimate of drug-likeness (QED) is 0.579. The molecule has 0 aromatic carbocycles. The van der Waals surface area contributed by atoms with E-state index in [1.165, 1.54) is 12.8 Å². The van der Waals surface area contributed by atoms with E-state index in [9.17, 15) is 4.79 Å². The summed E-state index contributed by atoms with van der Waals surface area (Å²) in [7, 11) is 0. The van der Waals surface area contributed by atoms with Gasteiger partial charge in [-0.3, -0.25) is 9.69 Å². The van der Waals surface area contributed by atoms with E-state index in [0.717, 1.165) is 25.9 Å². The van der Waals surface area contributed by atoms with E-state index in [1.807, 2.05) is 0 Å². The molecule has 0 spiro atoms. The number of Topliss-reactive ketones (excluding diaryl/α,β-unsaturated/α-hetero) is 1. The number of carbonyl (C=O) groups excluding carboxylic acids is 1. The molecule has 0 N–H and O–H groups in total. The van der Waals surface area contributed by atoms with E-state index in [4.69, 9.17) is 0 Å². The Labute approximate surface area is 82.3 Å². The van der Waals surface area contributed by atoms with Gasteiger partial charge in [0.25, 0.3) is 0 Å². The Balaban J connectivity index is 3.62. The van der Waals surface area contributed by atoms with Crippen LogP contribution in [0.5, 0.6) is 0 Å². The Bertz CT molecular complexity index is 134. The van der Waals surface area contributed by atoms with Crippen molar-refractivity contribution in [3.63, 3.8) is 0 Å². The minimum absolute atomic E-state index is 0.389. The zero-order valence-electron chi connectivity index (χ0n) is 9.31. The number of unbranched alkanes of at least 4 members (excludes halogenated alkanes) is 1. The van der Waals surface area contributed by atoms with Gasteiger partial charge in [-0.05, 0) is 25.9 Å². The second-order valence-electron chi connectivity index (χ2n) is 3.51. The van der Waals surface area contributed by atoms with Crippen LogP contribution in [0.25, 0.3) is 0 Å². The van der Waals surface area contributed by atoms with Crippen LogP contribution in [0.4, 0.5) is 0 Å². The molecule has 0 atom stereocenters. The lowest BCUT2D eigenvalue weighted by atomic mass is 10.2. The molecule has 0 heterocycles. The van der Waals surface area contributed by atoms with Crippen LogP contribution in [0.3, 0.4) is 0 Å². The minimum Gasteiger partial charge on any atom is -0.298 e. The largest absolute Gasteiger partial charge is 0.298 e. The summed E-state index contributed by atoms with van der Waals surface area (Å²) in [5, 5.41) is 0. The van der Waals surface area contributed by atoms with Crippen molar-refractivity contribution in [1.82, 2.24) is 4.90 Å². The van der Waals surface area contributed by atoms with Gasteiger partial charge in [0.2, 0.25) is 0 Å². The molecule has 0 aliphatic carbocycles. The maximum absolute atomic E-state index is 11.3. The number of carbonyl (C=O) groups is 1. The summed E-state index contributed by atoms with van der Waals surface area (Å²) >= 11 is 0. The van der Waals surface area contributed by atoms with Crippen LogP contribution in [0.2, 0.25) is 0 Å². The van der Waals surface area contributed by atoms with Crippen LogP contribution in [0.1, 0.15) is 46.5 Å². The first kappa shape index (κ1) is 12.6. The zero-order chi connectivity index (χ0) is 10.1. The van der Waals surface area contributed by atoms with Gasteiger partial charge < -0.3 is 0 Å². The second-order valence-corrected chi connectivity index (χ2v) is 3.51. The van der Waals surface area contributed by atoms with E-state index in [0.29, 0.717) is 12.3 Å². The number of hydrogen-bond donors (Lipinski definition) is 0. The molecule has 0 unspecified atom stereocenters. The summed E-state index contributed by atoms with van der Waals surface area (Å²) in [6, 6.07) is 0. The van der Waals surface area contributed by atoms with Crippen molar-refractivity contribution in [2.45, 2.75) is 46.5 Å². The van der Waals surface area contributed by atoms with Crippen LogP contribution in [0.15, 0.2) is 0 Å². The van der Waals surface area contributed by atoms with Crippen LogP contribution in [-0.4, -0.2) is 30.3 Å². The molecule has 0 rings (SSSR count). The summed E-state index contributed by atoms with van der Waals surface area (Å²) in [5.74, 6) is 0.389. The third-order valence-electron chi connectivity index (χ3n) is 2.20. The lowest BCUT2D eigenvalue weighted by Gasteiger charge is -2.18. The molecule has 0 aromatic heterocycles. The normalized spacial score (nSPS) is 10.8. The van der Waals surface area contributed by atoms with Gasteiger partial charge in [-0.25, -0.2) is 0 Å². The molecule has 0 saturated carbocycles. The summed E-state index contributed by atoms with van der Waals surface area (Å²) < 4.78 is 0. The van der Waals surface area contributed by atoms with Crippen molar-refractivity contribution in [1.29, 1.82) is 0 Å². The molecule has 0 aliphatic heterocycles. The molecule has 0 aromatic rings. The predicted octanol–water partition coefficient (Wildman–Crippen LogP) is 2.48. The highest BCUT2D eigenvalue weighted by atomic mass is 16.1. The smallest absolute Gasteiger partial charge is 0.146 e. The molecular weight excluding hydrogens is 162 g/mol. The van der Waals surface area contributed by atoms with Crippen LogP contribution in [-0.2, 0) is 4.79 Å². The minimum atomic E-state index is 0.389. The van der Waals surface area contributed by atoms with Gasteiger partial charge >= 0.3 is 0 Å². The summed E-state index contributed by atoms with van der Waals surface area (Å²) in [6.45, 7) is 9.08. The van der Waals surface area contributed by atoms with Gasteiger partial charge in [0.15, 0.2) is 0 Å². The fourth-order valence-corrected chi connectivity index (χ4v) is 1.34. The molecule has 78 valence electrons. The highest BCUT2D eigenvalue weighted by molar-refractivity contribution is 5.80. The van der Waals surface area contributed by atoms with Crippen LogP contribution < -0.4 is 0 Å². The fraction of sp³-hybridized carbons (Fsp3) is 0.909. The highest BCUT2D eigenvalue weighted by Crippen LogP contribution is 1.97. The monoisotopic (exact) mass is 185 g/mol. The number of ketones is 1. The number of nitrogens with zero attached hydrogens (tertiary/aromatic N) is 1. The Morgan fingerprint density at radius 3 is 2.31 bits per heavy atom. The van der Waals surface area contributed by atoms with Gasteiger partial charge in [-0.2, -0.15) is 0 Å². The van der Waals surface area contributed by atoms with Crippen molar-refractivity contribution in [2.75, 3.05) is 19.6 Å². The molecule has 13 heavy (non-hydrogen) atoms. The Morgan fingerprint density at radius 1 is 1.15 bits per heavy atom. The maximum atomic E-state index is 11.3. The Kier molecular flexibility index (Phi) is 8.00. The van der Waals surface area contributed by atoms with Crippen LogP contribution >= 0.6 is 0 Å². The molecule has 0 aliphatic rings. The lowest BCUT2D eigenvalue weighted by molar-refractivity contribution is -0.120. The van der Waals surface area contributed by atoms with Crippen molar-refractivity contribution >= 4 is 5.78 Å². The summed E-state index contributed by atoms with van der Waals surface area (Å²) in [4.78, 5) is 13.6. The van der Waals surface area contributed by atoms with Crippen molar-refractivity contribution < 1.29 is 4.79 Å². The maximum Gasteiger partial charge on any atom is 0.146 e. The van der Waals surface area contributed by atoms with E-state index < -0.39 is 0 Å². The van der Waals surface area contributed by atoms with Gasteiger partial charge in [0, 0.05) is 6.42 Å². The first-order valence-corrected chi connectivity index (χ1v) is 5.48.